The summed E-state index contributed by atoms with van der Waals surface area (Å²) < 4.78 is 0. The van der Waals surface area contributed by atoms with E-state index in [1.54, 1.807) is 0 Å². The highest BCUT2D eigenvalue weighted by Gasteiger charge is 2.23. The second kappa shape index (κ2) is 9.80. The van der Waals surface area contributed by atoms with Gasteiger partial charge in [-0.25, -0.2) is 0 Å². The highest BCUT2D eigenvalue weighted by molar-refractivity contribution is 4.83. The van der Waals surface area contributed by atoms with Gasteiger partial charge in [0.1, 0.15) is 0 Å². The maximum atomic E-state index is 3.68. The van der Waals surface area contributed by atoms with Crippen LogP contribution in [0.1, 0.15) is 72.1 Å². The summed E-state index contributed by atoms with van der Waals surface area (Å²) in [5.74, 6) is 0. The third-order valence-electron chi connectivity index (χ3n) is 4.22. The van der Waals surface area contributed by atoms with Gasteiger partial charge in [0.25, 0.3) is 0 Å². The Morgan fingerprint density at radius 1 is 1.00 bits per heavy atom. The number of hydrogen-bond acceptors (Lipinski definition) is 2. The number of nitrogens with one attached hydrogen (secondary N) is 1. The van der Waals surface area contributed by atoms with Crippen LogP contribution in [-0.2, 0) is 0 Å². The van der Waals surface area contributed by atoms with Crippen molar-refractivity contribution in [2.45, 2.75) is 84.2 Å². The molecule has 1 aliphatic rings. The molecule has 1 fully saturated rings. The van der Waals surface area contributed by atoms with Crippen molar-refractivity contribution in [2.75, 3.05) is 19.6 Å². The molecule has 0 aromatic carbocycles. The van der Waals surface area contributed by atoms with Gasteiger partial charge in [0, 0.05) is 25.2 Å². The predicted molar refractivity (Wildman–Crippen MR) is 81.1 cm³/mol. The number of rotatable bonds is 9. The summed E-state index contributed by atoms with van der Waals surface area (Å²) in [6, 6.07) is 1.47. The smallest absolute Gasteiger partial charge is 0.0195 e. The molecule has 2 unspecified atom stereocenters. The van der Waals surface area contributed by atoms with E-state index in [1.165, 1.54) is 71.0 Å². The first-order chi connectivity index (χ1) is 8.77. The molecule has 18 heavy (non-hydrogen) atoms. The van der Waals surface area contributed by atoms with Crippen LogP contribution in [0.25, 0.3) is 0 Å². The average molecular weight is 254 g/mol. The van der Waals surface area contributed by atoms with Crippen LogP contribution in [0.15, 0.2) is 0 Å². The maximum Gasteiger partial charge on any atom is 0.0195 e. The molecule has 0 bridgehead atoms. The van der Waals surface area contributed by atoms with Gasteiger partial charge >= 0.3 is 0 Å². The van der Waals surface area contributed by atoms with Gasteiger partial charge in [-0.3, -0.25) is 4.90 Å². The summed E-state index contributed by atoms with van der Waals surface area (Å²) in [5, 5.41) is 3.68. The molecule has 1 N–H and O–H groups in total. The zero-order valence-electron chi connectivity index (χ0n) is 12.9. The van der Waals surface area contributed by atoms with Crippen LogP contribution < -0.4 is 5.32 Å². The first-order valence-electron chi connectivity index (χ1n) is 8.25. The van der Waals surface area contributed by atoms with Gasteiger partial charge in [0.2, 0.25) is 0 Å². The van der Waals surface area contributed by atoms with E-state index in [1.807, 2.05) is 0 Å². The largest absolute Gasteiger partial charge is 0.311 e. The van der Waals surface area contributed by atoms with E-state index >= 15 is 0 Å². The minimum atomic E-state index is 0.730. The van der Waals surface area contributed by atoms with Crippen molar-refractivity contribution in [2.24, 2.45) is 0 Å². The van der Waals surface area contributed by atoms with E-state index in [0.29, 0.717) is 0 Å². The number of hydrogen-bond donors (Lipinski definition) is 1. The van der Waals surface area contributed by atoms with Crippen molar-refractivity contribution in [3.63, 3.8) is 0 Å². The van der Waals surface area contributed by atoms with Crippen LogP contribution in [0.5, 0.6) is 0 Å². The van der Waals surface area contributed by atoms with Crippen molar-refractivity contribution in [1.82, 2.24) is 10.2 Å². The van der Waals surface area contributed by atoms with Gasteiger partial charge in [-0.1, -0.05) is 52.4 Å². The fourth-order valence-corrected chi connectivity index (χ4v) is 2.94. The van der Waals surface area contributed by atoms with E-state index in [2.05, 4.69) is 31.0 Å². The quantitative estimate of drug-likeness (QED) is 0.629. The standard InChI is InChI=1S/C16H34N2/c1-4-6-7-8-9-10-12-18-14-16(11-5-2)17-13-15(18)3/h15-17H,4-14H2,1-3H3. The summed E-state index contributed by atoms with van der Waals surface area (Å²) in [5.41, 5.74) is 0. The molecule has 0 saturated carbocycles. The number of nitrogens with zero attached hydrogens (tertiary/aromatic N) is 1. The first kappa shape index (κ1) is 16.0. The Labute approximate surface area is 115 Å². The first-order valence-corrected chi connectivity index (χ1v) is 8.25. The minimum Gasteiger partial charge on any atom is -0.311 e. The zero-order chi connectivity index (χ0) is 13.2. The van der Waals surface area contributed by atoms with Crippen LogP contribution in [0.4, 0.5) is 0 Å². The van der Waals surface area contributed by atoms with Crippen molar-refractivity contribution in [1.29, 1.82) is 0 Å². The molecule has 108 valence electrons. The van der Waals surface area contributed by atoms with Crippen molar-refractivity contribution >= 4 is 0 Å². The summed E-state index contributed by atoms with van der Waals surface area (Å²) in [6.45, 7) is 10.7. The lowest BCUT2D eigenvalue weighted by Crippen LogP contribution is -2.55. The third-order valence-corrected chi connectivity index (χ3v) is 4.22. The normalized spacial score (nSPS) is 25.5. The SMILES string of the molecule is CCCCCCCCN1CC(CCC)NCC1C. The van der Waals surface area contributed by atoms with E-state index < -0.39 is 0 Å². The highest BCUT2D eigenvalue weighted by Crippen LogP contribution is 2.12. The molecule has 0 spiro atoms. The molecule has 0 amide bonds. The topological polar surface area (TPSA) is 15.3 Å². The Bertz CT molecular complexity index is 194. The van der Waals surface area contributed by atoms with Gasteiger partial charge in [-0.2, -0.15) is 0 Å². The lowest BCUT2D eigenvalue weighted by Gasteiger charge is -2.39. The second-order valence-corrected chi connectivity index (χ2v) is 6.01. The highest BCUT2D eigenvalue weighted by atomic mass is 15.2. The van der Waals surface area contributed by atoms with Gasteiger partial charge in [0.15, 0.2) is 0 Å². The Balaban J connectivity index is 2.10. The lowest BCUT2D eigenvalue weighted by molar-refractivity contribution is 0.134. The number of piperazine rings is 1. The van der Waals surface area contributed by atoms with E-state index in [4.69, 9.17) is 0 Å². The average Bonchev–Trinajstić information content (AvgIpc) is 2.37. The maximum absolute atomic E-state index is 3.68. The Morgan fingerprint density at radius 2 is 1.72 bits per heavy atom. The number of unbranched alkanes of at least 4 members (excludes halogenated alkanes) is 5. The van der Waals surface area contributed by atoms with Crippen molar-refractivity contribution in [3.05, 3.63) is 0 Å². The molecule has 2 nitrogen and oxygen atoms in total. The molecule has 0 aliphatic carbocycles. The van der Waals surface area contributed by atoms with Crippen LogP contribution in [0.3, 0.4) is 0 Å². The Kier molecular flexibility index (Phi) is 8.70. The van der Waals surface area contributed by atoms with E-state index in [-0.39, 0.29) is 0 Å². The minimum absolute atomic E-state index is 0.730. The summed E-state index contributed by atoms with van der Waals surface area (Å²) >= 11 is 0. The van der Waals surface area contributed by atoms with Gasteiger partial charge in [-0.15, -0.1) is 0 Å². The van der Waals surface area contributed by atoms with Crippen LogP contribution in [-0.4, -0.2) is 36.6 Å². The second-order valence-electron chi connectivity index (χ2n) is 6.01. The fraction of sp³-hybridized carbons (Fsp3) is 1.00. The van der Waals surface area contributed by atoms with Crippen LogP contribution >= 0.6 is 0 Å². The third kappa shape index (κ3) is 6.19. The van der Waals surface area contributed by atoms with Crippen LogP contribution in [0, 0.1) is 0 Å². The summed E-state index contributed by atoms with van der Waals surface area (Å²) in [6.07, 6.45) is 11.1. The zero-order valence-corrected chi connectivity index (χ0v) is 12.9. The molecular weight excluding hydrogens is 220 g/mol. The van der Waals surface area contributed by atoms with Gasteiger partial charge < -0.3 is 5.32 Å². The van der Waals surface area contributed by atoms with Crippen LogP contribution in [0.2, 0.25) is 0 Å². The molecule has 2 atom stereocenters. The molecule has 1 heterocycles. The Morgan fingerprint density at radius 3 is 2.44 bits per heavy atom. The molecule has 0 aromatic heterocycles. The van der Waals surface area contributed by atoms with Crippen molar-refractivity contribution in [3.8, 4) is 0 Å². The molecule has 2 heteroatoms. The molecule has 1 saturated heterocycles. The predicted octanol–water partition coefficient (Wildman–Crippen LogP) is 3.81. The molecule has 1 rings (SSSR count). The molecular formula is C16H34N2. The molecule has 0 radical (unpaired) electrons. The molecule has 0 aromatic rings. The molecule has 1 aliphatic heterocycles. The summed E-state index contributed by atoms with van der Waals surface area (Å²) in [4.78, 5) is 2.71. The van der Waals surface area contributed by atoms with Gasteiger partial charge in [0.05, 0.1) is 0 Å². The van der Waals surface area contributed by atoms with E-state index in [9.17, 15) is 0 Å². The fourth-order valence-electron chi connectivity index (χ4n) is 2.94. The monoisotopic (exact) mass is 254 g/mol. The van der Waals surface area contributed by atoms with E-state index in [0.717, 1.165) is 12.1 Å². The van der Waals surface area contributed by atoms with Crippen molar-refractivity contribution < 1.29 is 0 Å². The summed E-state index contributed by atoms with van der Waals surface area (Å²) in [7, 11) is 0. The Hall–Kier alpha value is -0.0800. The lowest BCUT2D eigenvalue weighted by atomic mass is 10.0. The van der Waals surface area contributed by atoms with Gasteiger partial charge in [-0.05, 0) is 26.3 Å².